The molecule has 2 aromatic heterocycles. The second kappa shape index (κ2) is 7.11. The summed E-state index contributed by atoms with van der Waals surface area (Å²) in [6, 6.07) is 9.05. The smallest absolute Gasteiger partial charge is 0.231 e. The van der Waals surface area contributed by atoms with Gasteiger partial charge >= 0.3 is 0 Å². The van der Waals surface area contributed by atoms with Crippen LogP contribution in [0.1, 0.15) is 24.2 Å². The van der Waals surface area contributed by atoms with E-state index in [1.165, 1.54) is 12.3 Å². The lowest BCUT2D eigenvalue weighted by molar-refractivity contribution is 0.153. The van der Waals surface area contributed by atoms with Crippen LogP contribution in [0.4, 0.5) is 20.5 Å². The Morgan fingerprint density at radius 3 is 2.50 bits per heavy atom. The van der Waals surface area contributed by atoms with E-state index in [0.29, 0.717) is 37.5 Å². The number of rotatable bonds is 4. The summed E-state index contributed by atoms with van der Waals surface area (Å²) < 4.78 is 29.9. The Morgan fingerprint density at radius 1 is 0.971 bits per heavy atom. The van der Waals surface area contributed by atoms with Crippen molar-refractivity contribution < 1.29 is 8.78 Å². The normalized spacial score (nSPS) is 22.0. The molecular weight excluding hydrogens is 460 g/mol. The van der Waals surface area contributed by atoms with E-state index in [1.54, 1.807) is 6.07 Å². The minimum Gasteiger partial charge on any atom is -0.355 e. The fourth-order valence-corrected chi connectivity index (χ4v) is 5.84. The summed E-state index contributed by atoms with van der Waals surface area (Å²) in [6.45, 7) is 5.12. The van der Waals surface area contributed by atoms with Crippen LogP contribution in [0.3, 0.4) is 0 Å². The summed E-state index contributed by atoms with van der Waals surface area (Å²) >= 11 is 6.33. The molecular formula is C24H24ClF2N7. The van der Waals surface area contributed by atoms with Gasteiger partial charge in [0.25, 0.3) is 0 Å². The van der Waals surface area contributed by atoms with E-state index in [-0.39, 0.29) is 11.2 Å². The van der Waals surface area contributed by atoms with Crippen LogP contribution in [0.25, 0.3) is 5.69 Å². The second-order valence-electron chi connectivity index (χ2n) is 10.4. The van der Waals surface area contributed by atoms with Crippen molar-refractivity contribution in [1.82, 2.24) is 24.6 Å². The van der Waals surface area contributed by atoms with Gasteiger partial charge in [-0.25, -0.2) is 13.8 Å². The van der Waals surface area contributed by atoms with E-state index in [0.717, 1.165) is 55.0 Å². The zero-order valence-corrected chi connectivity index (χ0v) is 19.3. The van der Waals surface area contributed by atoms with Crippen LogP contribution in [0.2, 0.25) is 5.02 Å². The molecule has 10 heteroatoms. The highest BCUT2D eigenvalue weighted by Crippen LogP contribution is 2.45. The maximum Gasteiger partial charge on any atom is 0.231 e. The van der Waals surface area contributed by atoms with Crippen LogP contribution in [0.15, 0.2) is 36.5 Å². The highest BCUT2D eigenvalue weighted by atomic mass is 35.5. The molecule has 7 rings (SSSR count). The number of nitrogens with zero attached hydrogens (tertiary/aromatic N) is 7. The number of hydrogen-bond acceptors (Lipinski definition) is 6. The molecule has 0 amide bonds. The summed E-state index contributed by atoms with van der Waals surface area (Å²) in [7, 11) is 0. The van der Waals surface area contributed by atoms with E-state index >= 15 is 0 Å². The van der Waals surface area contributed by atoms with Crippen molar-refractivity contribution in [1.29, 1.82) is 0 Å². The first-order valence-corrected chi connectivity index (χ1v) is 12.0. The van der Waals surface area contributed by atoms with Crippen LogP contribution in [-0.4, -0.2) is 63.0 Å². The molecule has 1 saturated carbocycles. The molecule has 0 radical (unpaired) electrons. The molecule has 5 heterocycles. The fraction of sp³-hybridized carbons (Fsp3) is 0.458. The molecule has 1 aliphatic carbocycles. The number of aromatic nitrogens is 4. The second-order valence-corrected chi connectivity index (χ2v) is 10.8. The monoisotopic (exact) mass is 483 g/mol. The maximum atomic E-state index is 14.6. The molecule has 1 spiro atoms. The SMILES string of the molecule is Fc1ccc(N2CC3(C2)CN(c2nnc4n2-c2ccc(Cl)cc2CN(CC2(F)CC2)C4)C3)nc1. The fourth-order valence-electron chi connectivity index (χ4n) is 5.65. The van der Waals surface area contributed by atoms with Crippen LogP contribution in [-0.2, 0) is 13.1 Å². The van der Waals surface area contributed by atoms with Gasteiger partial charge in [-0.2, -0.15) is 0 Å². The van der Waals surface area contributed by atoms with Crippen LogP contribution in [0, 0.1) is 11.2 Å². The van der Waals surface area contributed by atoms with Crippen LogP contribution >= 0.6 is 11.6 Å². The van der Waals surface area contributed by atoms with Gasteiger partial charge in [0, 0.05) is 49.7 Å². The minimum atomic E-state index is -1.07. The first kappa shape index (κ1) is 20.6. The third-order valence-corrected chi connectivity index (χ3v) is 7.71. The lowest BCUT2D eigenvalue weighted by Crippen LogP contribution is -2.73. The predicted octanol–water partition coefficient (Wildman–Crippen LogP) is 3.60. The molecule has 0 N–H and O–H groups in total. The van der Waals surface area contributed by atoms with E-state index in [1.807, 2.05) is 18.2 Å². The third-order valence-electron chi connectivity index (χ3n) is 7.48. The Bertz CT molecular complexity index is 1260. The number of pyridine rings is 1. The van der Waals surface area contributed by atoms with Crippen LogP contribution < -0.4 is 9.80 Å². The Kier molecular flexibility index (Phi) is 4.31. The van der Waals surface area contributed by atoms with E-state index in [4.69, 9.17) is 11.6 Å². The minimum absolute atomic E-state index is 0.189. The highest BCUT2D eigenvalue weighted by molar-refractivity contribution is 6.30. The number of alkyl halides is 1. The molecule has 176 valence electrons. The van der Waals surface area contributed by atoms with E-state index in [9.17, 15) is 8.78 Å². The van der Waals surface area contributed by atoms with Crippen molar-refractivity contribution in [3.05, 3.63) is 58.8 Å². The lowest BCUT2D eigenvalue weighted by Gasteiger charge is -2.60. The quantitative estimate of drug-likeness (QED) is 0.565. The lowest BCUT2D eigenvalue weighted by atomic mass is 9.73. The van der Waals surface area contributed by atoms with E-state index in [2.05, 4.69) is 34.4 Å². The first-order chi connectivity index (χ1) is 16.4. The summed E-state index contributed by atoms with van der Waals surface area (Å²) in [4.78, 5) is 10.8. The molecule has 3 aliphatic heterocycles. The Hall–Kier alpha value is -2.78. The van der Waals surface area contributed by atoms with Gasteiger partial charge in [-0.3, -0.25) is 9.47 Å². The average Bonchev–Trinajstić information content (AvgIpc) is 3.37. The molecule has 7 nitrogen and oxygen atoms in total. The van der Waals surface area contributed by atoms with E-state index < -0.39 is 5.67 Å². The van der Waals surface area contributed by atoms with Gasteiger partial charge in [0.05, 0.1) is 18.4 Å². The van der Waals surface area contributed by atoms with Crippen molar-refractivity contribution in [2.24, 2.45) is 5.41 Å². The molecule has 3 aromatic rings. The van der Waals surface area contributed by atoms with Gasteiger partial charge < -0.3 is 9.80 Å². The van der Waals surface area contributed by atoms with Crippen molar-refractivity contribution in [3.8, 4) is 5.69 Å². The summed E-state index contributed by atoms with van der Waals surface area (Å²) in [5.41, 5.74) is 1.19. The molecule has 34 heavy (non-hydrogen) atoms. The molecule has 0 atom stereocenters. The van der Waals surface area contributed by atoms with Gasteiger partial charge in [-0.15, -0.1) is 10.2 Å². The number of halogens is 3. The maximum absolute atomic E-state index is 14.6. The van der Waals surface area contributed by atoms with Crippen molar-refractivity contribution in [2.75, 3.05) is 42.5 Å². The van der Waals surface area contributed by atoms with Gasteiger partial charge in [-0.1, -0.05) is 11.6 Å². The third kappa shape index (κ3) is 3.36. The zero-order valence-electron chi connectivity index (χ0n) is 18.6. The van der Waals surface area contributed by atoms with Crippen LogP contribution in [0.5, 0.6) is 0 Å². The Balaban J connectivity index is 1.13. The Labute approximate surface area is 200 Å². The molecule has 2 saturated heterocycles. The van der Waals surface area contributed by atoms with Gasteiger partial charge in [0.15, 0.2) is 5.82 Å². The van der Waals surface area contributed by atoms with Crippen molar-refractivity contribution in [3.63, 3.8) is 0 Å². The van der Waals surface area contributed by atoms with Gasteiger partial charge in [0.2, 0.25) is 5.95 Å². The predicted molar refractivity (Wildman–Crippen MR) is 125 cm³/mol. The highest BCUT2D eigenvalue weighted by Gasteiger charge is 2.53. The molecule has 4 aliphatic rings. The largest absolute Gasteiger partial charge is 0.355 e. The zero-order chi connectivity index (χ0) is 23.1. The first-order valence-electron chi connectivity index (χ1n) is 11.6. The molecule has 0 bridgehead atoms. The number of anilines is 2. The number of hydrogen-bond donors (Lipinski definition) is 0. The van der Waals surface area contributed by atoms with Crippen molar-refractivity contribution >= 4 is 23.4 Å². The standard InChI is InChI=1S/C24H24ClF2N7/c25-17-1-3-19-16(7-17)9-31(15-24(27)5-6-24)10-21-29-30-22(34(19)21)33-13-23(14-33)11-32(12-23)20-4-2-18(26)8-28-20/h1-4,7-8H,5-6,9-15H2. The number of fused-ring (bicyclic) bond motifs is 3. The van der Waals surface area contributed by atoms with Crippen molar-refractivity contribution in [2.45, 2.75) is 31.6 Å². The molecule has 0 unspecified atom stereocenters. The molecule has 3 fully saturated rings. The number of benzene rings is 1. The average molecular weight is 484 g/mol. The summed E-state index contributed by atoms with van der Waals surface area (Å²) in [5.74, 6) is 2.15. The summed E-state index contributed by atoms with van der Waals surface area (Å²) in [6.07, 6.45) is 2.52. The topological polar surface area (TPSA) is 53.3 Å². The Morgan fingerprint density at radius 2 is 1.76 bits per heavy atom. The van der Waals surface area contributed by atoms with Gasteiger partial charge in [0.1, 0.15) is 17.3 Å². The van der Waals surface area contributed by atoms with Gasteiger partial charge in [-0.05, 0) is 48.7 Å². The molecule has 1 aromatic carbocycles. The summed E-state index contributed by atoms with van der Waals surface area (Å²) in [5, 5.41) is 9.75.